The summed E-state index contributed by atoms with van der Waals surface area (Å²) >= 11 is 0. The van der Waals surface area contributed by atoms with E-state index in [2.05, 4.69) is 10.6 Å². The van der Waals surface area contributed by atoms with Gasteiger partial charge in [0.25, 0.3) is 0 Å². The van der Waals surface area contributed by atoms with Gasteiger partial charge in [-0.15, -0.1) is 0 Å². The molecule has 0 atom stereocenters. The molecule has 1 aromatic rings. The summed E-state index contributed by atoms with van der Waals surface area (Å²) in [5, 5.41) is 5.69. The van der Waals surface area contributed by atoms with Crippen LogP contribution in [0.1, 0.15) is 25.3 Å². The number of fused-ring (bicyclic) bond motifs is 1. The van der Waals surface area contributed by atoms with Gasteiger partial charge in [0.05, 0.1) is 0 Å². The smallest absolute Gasteiger partial charge is 0.319 e. The van der Waals surface area contributed by atoms with E-state index < -0.39 is 0 Å². The van der Waals surface area contributed by atoms with E-state index in [0.717, 1.165) is 42.7 Å². The first-order valence-corrected chi connectivity index (χ1v) is 6.62. The van der Waals surface area contributed by atoms with Crippen LogP contribution < -0.4 is 15.5 Å². The molecule has 5 nitrogen and oxygen atoms in total. The fraction of sp³-hybridized carbons (Fsp3) is 0.429. The molecule has 0 spiro atoms. The summed E-state index contributed by atoms with van der Waals surface area (Å²) in [6.07, 6.45) is 3.01. The van der Waals surface area contributed by atoms with Gasteiger partial charge in [-0.25, -0.2) is 4.79 Å². The summed E-state index contributed by atoms with van der Waals surface area (Å²) in [5.74, 6) is 0.0401. The summed E-state index contributed by atoms with van der Waals surface area (Å²) in [6, 6.07) is 5.90. The molecule has 2 N–H and O–H groups in total. The zero-order chi connectivity index (χ0) is 13.4. The van der Waals surface area contributed by atoms with Crippen molar-refractivity contribution in [3.8, 4) is 0 Å². The maximum atomic E-state index is 11.7. The van der Waals surface area contributed by atoms with Crippen molar-refractivity contribution in [2.45, 2.75) is 32.2 Å². The Hall–Kier alpha value is -2.04. The van der Waals surface area contributed by atoms with Crippen LogP contribution in [0, 0.1) is 0 Å². The molecule has 3 amide bonds. The monoisotopic (exact) mass is 259 g/mol. The van der Waals surface area contributed by atoms with Crippen LogP contribution in [0.3, 0.4) is 0 Å². The molecule has 0 aromatic heterocycles. The van der Waals surface area contributed by atoms with Crippen molar-refractivity contribution in [1.29, 1.82) is 0 Å². The molecule has 1 fully saturated rings. The van der Waals surface area contributed by atoms with Gasteiger partial charge in [-0.2, -0.15) is 0 Å². The third kappa shape index (κ3) is 2.54. The summed E-state index contributed by atoms with van der Waals surface area (Å²) in [6.45, 7) is 2.29. The minimum atomic E-state index is -0.171. The molecule has 0 saturated heterocycles. The molecule has 0 bridgehead atoms. The standard InChI is InChI=1S/C14H17N3O2/c1-9(18)17-7-6-10-2-3-12(8-13(10)17)16-14(19)15-11-4-5-11/h2-3,8,11H,4-7H2,1H3,(H2,15,16,19). The predicted octanol–water partition coefficient (Wildman–Crippen LogP) is 1.88. The van der Waals surface area contributed by atoms with Crippen molar-refractivity contribution < 1.29 is 9.59 Å². The van der Waals surface area contributed by atoms with Gasteiger partial charge in [-0.3, -0.25) is 4.79 Å². The highest BCUT2D eigenvalue weighted by molar-refractivity contribution is 5.96. The van der Waals surface area contributed by atoms with E-state index >= 15 is 0 Å². The molecule has 3 rings (SSSR count). The van der Waals surface area contributed by atoms with Crippen LogP contribution >= 0.6 is 0 Å². The SMILES string of the molecule is CC(=O)N1CCc2ccc(NC(=O)NC3CC3)cc21. The van der Waals surface area contributed by atoms with Gasteiger partial charge in [0.1, 0.15) is 0 Å². The number of carbonyl (C=O) groups excluding carboxylic acids is 2. The van der Waals surface area contributed by atoms with E-state index in [1.54, 1.807) is 11.8 Å². The van der Waals surface area contributed by atoms with E-state index in [4.69, 9.17) is 0 Å². The lowest BCUT2D eigenvalue weighted by molar-refractivity contribution is -0.116. The second-order valence-corrected chi connectivity index (χ2v) is 5.14. The Morgan fingerprint density at radius 1 is 1.32 bits per heavy atom. The molecule has 1 aromatic carbocycles. The lowest BCUT2D eigenvalue weighted by Crippen LogP contribution is -2.30. The van der Waals surface area contributed by atoms with Crippen LogP contribution in [0.15, 0.2) is 18.2 Å². The molecule has 1 heterocycles. The van der Waals surface area contributed by atoms with Gasteiger partial charge in [-0.05, 0) is 37.0 Å². The number of nitrogens with one attached hydrogen (secondary N) is 2. The predicted molar refractivity (Wildman–Crippen MR) is 73.3 cm³/mol. The number of urea groups is 1. The maximum Gasteiger partial charge on any atom is 0.319 e. The summed E-state index contributed by atoms with van der Waals surface area (Å²) in [5.41, 5.74) is 2.80. The van der Waals surface area contributed by atoms with Gasteiger partial charge in [-0.1, -0.05) is 6.07 Å². The van der Waals surface area contributed by atoms with E-state index in [0.29, 0.717) is 6.04 Å². The molecule has 0 radical (unpaired) electrons. The highest BCUT2D eigenvalue weighted by Gasteiger charge is 2.24. The van der Waals surface area contributed by atoms with Crippen LogP contribution in [-0.2, 0) is 11.2 Å². The molecule has 5 heteroatoms. The van der Waals surface area contributed by atoms with Crippen LogP contribution in [0.5, 0.6) is 0 Å². The first kappa shape index (κ1) is 12.0. The Bertz CT molecular complexity index is 537. The number of hydrogen-bond acceptors (Lipinski definition) is 2. The first-order valence-electron chi connectivity index (χ1n) is 6.62. The molecular weight excluding hydrogens is 242 g/mol. The summed E-state index contributed by atoms with van der Waals surface area (Å²) in [4.78, 5) is 24.9. The number of nitrogens with zero attached hydrogens (tertiary/aromatic N) is 1. The minimum absolute atomic E-state index is 0.0401. The summed E-state index contributed by atoms with van der Waals surface area (Å²) in [7, 11) is 0. The molecule has 100 valence electrons. The third-order valence-corrected chi connectivity index (χ3v) is 3.53. The average Bonchev–Trinajstić information content (AvgIpc) is 3.06. The Morgan fingerprint density at radius 2 is 2.11 bits per heavy atom. The van der Waals surface area contributed by atoms with Crippen molar-refractivity contribution in [3.05, 3.63) is 23.8 Å². The highest BCUT2D eigenvalue weighted by Crippen LogP contribution is 2.31. The second-order valence-electron chi connectivity index (χ2n) is 5.14. The van der Waals surface area contributed by atoms with Crippen molar-refractivity contribution in [2.24, 2.45) is 0 Å². The Labute approximate surface area is 112 Å². The van der Waals surface area contributed by atoms with Crippen molar-refractivity contribution in [2.75, 3.05) is 16.8 Å². The number of benzene rings is 1. The zero-order valence-corrected chi connectivity index (χ0v) is 10.9. The van der Waals surface area contributed by atoms with Crippen LogP contribution in [0.4, 0.5) is 16.2 Å². The van der Waals surface area contributed by atoms with E-state index in [-0.39, 0.29) is 11.9 Å². The largest absolute Gasteiger partial charge is 0.335 e. The molecular formula is C14H17N3O2. The Balaban J connectivity index is 1.74. The van der Waals surface area contributed by atoms with E-state index in [1.807, 2.05) is 18.2 Å². The zero-order valence-electron chi connectivity index (χ0n) is 10.9. The van der Waals surface area contributed by atoms with Gasteiger partial charge < -0.3 is 15.5 Å². The molecule has 1 aliphatic heterocycles. The van der Waals surface area contributed by atoms with Crippen molar-refractivity contribution in [1.82, 2.24) is 5.32 Å². The quantitative estimate of drug-likeness (QED) is 0.852. The van der Waals surface area contributed by atoms with Gasteiger partial charge in [0.15, 0.2) is 0 Å². The fourth-order valence-corrected chi connectivity index (χ4v) is 2.36. The van der Waals surface area contributed by atoms with E-state index in [1.165, 1.54) is 0 Å². The van der Waals surface area contributed by atoms with E-state index in [9.17, 15) is 9.59 Å². The Kier molecular flexibility index (Phi) is 2.89. The average molecular weight is 259 g/mol. The first-order chi connectivity index (χ1) is 9.13. The number of anilines is 2. The molecule has 19 heavy (non-hydrogen) atoms. The second kappa shape index (κ2) is 4.57. The minimum Gasteiger partial charge on any atom is -0.335 e. The van der Waals surface area contributed by atoms with Gasteiger partial charge in [0, 0.05) is 30.9 Å². The number of carbonyl (C=O) groups is 2. The number of hydrogen-bond donors (Lipinski definition) is 2. The van der Waals surface area contributed by atoms with Crippen LogP contribution in [0.2, 0.25) is 0 Å². The normalized spacial score (nSPS) is 17.0. The lowest BCUT2D eigenvalue weighted by atomic mass is 10.1. The molecule has 2 aliphatic rings. The topological polar surface area (TPSA) is 61.4 Å². The van der Waals surface area contributed by atoms with Gasteiger partial charge in [0.2, 0.25) is 5.91 Å². The fourth-order valence-electron chi connectivity index (χ4n) is 2.36. The van der Waals surface area contributed by atoms with Crippen molar-refractivity contribution >= 4 is 23.3 Å². The van der Waals surface area contributed by atoms with Crippen molar-refractivity contribution in [3.63, 3.8) is 0 Å². The van der Waals surface area contributed by atoms with Gasteiger partial charge >= 0.3 is 6.03 Å². The molecule has 1 saturated carbocycles. The number of rotatable bonds is 2. The number of amides is 3. The maximum absolute atomic E-state index is 11.7. The Morgan fingerprint density at radius 3 is 2.79 bits per heavy atom. The highest BCUT2D eigenvalue weighted by atomic mass is 16.2. The molecule has 1 aliphatic carbocycles. The lowest BCUT2D eigenvalue weighted by Gasteiger charge is -2.16. The van der Waals surface area contributed by atoms with Crippen LogP contribution in [-0.4, -0.2) is 24.5 Å². The molecule has 0 unspecified atom stereocenters. The summed E-state index contributed by atoms with van der Waals surface area (Å²) < 4.78 is 0. The third-order valence-electron chi connectivity index (χ3n) is 3.53. The van der Waals surface area contributed by atoms with Crippen LogP contribution in [0.25, 0.3) is 0 Å².